The van der Waals surface area contributed by atoms with E-state index in [4.69, 9.17) is 10.5 Å². The number of benzene rings is 2. The Hall–Kier alpha value is -2.82. The first kappa shape index (κ1) is 17.5. The summed E-state index contributed by atoms with van der Waals surface area (Å²) in [6.07, 6.45) is 1.40. The van der Waals surface area contributed by atoms with E-state index < -0.39 is 11.8 Å². The summed E-state index contributed by atoms with van der Waals surface area (Å²) < 4.78 is 6.07. The molecule has 2 aromatic carbocycles. The molecule has 1 atom stereocenters. The summed E-state index contributed by atoms with van der Waals surface area (Å²) in [7, 11) is 1.42. The molecule has 0 aromatic heterocycles. The lowest BCUT2D eigenvalue weighted by Crippen LogP contribution is -2.23. The second-order valence-electron chi connectivity index (χ2n) is 5.66. The first-order chi connectivity index (χ1) is 11.4. The SMILES string of the molecule is CO/N=C/C(C(N)=O)c1cccc(Oc2cc(C)ccc2C)c1C. The van der Waals surface area contributed by atoms with Gasteiger partial charge in [-0.3, -0.25) is 4.79 Å². The van der Waals surface area contributed by atoms with Crippen molar-refractivity contribution in [3.05, 3.63) is 58.7 Å². The van der Waals surface area contributed by atoms with Crippen LogP contribution in [0.3, 0.4) is 0 Å². The van der Waals surface area contributed by atoms with Crippen molar-refractivity contribution in [2.24, 2.45) is 10.9 Å². The van der Waals surface area contributed by atoms with Crippen molar-refractivity contribution >= 4 is 12.1 Å². The average Bonchev–Trinajstić information content (AvgIpc) is 2.54. The van der Waals surface area contributed by atoms with Crippen molar-refractivity contribution in [1.82, 2.24) is 0 Å². The molecule has 0 fully saturated rings. The van der Waals surface area contributed by atoms with E-state index in [1.165, 1.54) is 13.3 Å². The predicted octanol–water partition coefficient (Wildman–Crippen LogP) is 3.61. The summed E-state index contributed by atoms with van der Waals surface area (Å²) in [5.41, 5.74) is 9.23. The van der Waals surface area contributed by atoms with Gasteiger partial charge in [0, 0.05) is 0 Å². The fourth-order valence-electron chi connectivity index (χ4n) is 2.44. The van der Waals surface area contributed by atoms with Gasteiger partial charge in [-0.15, -0.1) is 0 Å². The maximum Gasteiger partial charge on any atom is 0.230 e. The van der Waals surface area contributed by atoms with Gasteiger partial charge in [0.05, 0.1) is 6.21 Å². The molecule has 0 spiro atoms. The molecule has 2 rings (SSSR count). The lowest BCUT2D eigenvalue weighted by atomic mass is 9.94. The Labute approximate surface area is 142 Å². The van der Waals surface area contributed by atoms with Crippen LogP contribution in [0, 0.1) is 20.8 Å². The average molecular weight is 326 g/mol. The van der Waals surface area contributed by atoms with Gasteiger partial charge in [0.15, 0.2) is 0 Å². The van der Waals surface area contributed by atoms with Crippen LogP contribution in [0.15, 0.2) is 41.6 Å². The maximum atomic E-state index is 11.8. The lowest BCUT2D eigenvalue weighted by Gasteiger charge is -2.16. The minimum Gasteiger partial charge on any atom is -0.457 e. The molecule has 126 valence electrons. The third-order valence-corrected chi connectivity index (χ3v) is 3.85. The zero-order valence-electron chi connectivity index (χ0n) is 14.4. The van der Waals surface area contributed by atoms with Gasteiger partial charge in [0.2, 0.25) is 5.91 Å². The molecule has 0 aliphatic carbocycles. The molecule has 0 aliphatic heterocycles. The van der Waals surface area contributed by atoms with E-state index >= 15 is 0 Å². The molecule has 2 N–H and O–H groups in total. The third-order valence-electron chi connectivity index (χ3n) is 3.85. The number of aryl methyl sites for hydroxylation is 2. The van der Waals surface area contributed by atoms with Crippen molar-refractivity contribution in [2.75, 3.05) is 7.11 Å². The number of carbonyl (C=O) groups is 1. The van der Waals surface area contributed by atoms with Crippen LogP contribution in [-0.4, -0.2) is 19.2 Å². The van der Waals surface area contributed by atoms with Crippen molar-refractivity contribution in [2.45, 2.75) is 26.7 Å². The topological polar surface area (TPSA) is 73.9 Å². The number of carbonyl (C=O) groups excluding carboxylic acids is 1. The second kappa shape index (κ2) is 7.64. The highest BCUT2D eigenvalue weighted by Crippen LogP contribution is 2.32. The maximum absolute atomic E-state index is 11.8. The zero-order valence-corrected chi connectivity index (χ0v) is 14.4. The Morgan fingerprint density at radius 2 is 1.92 bits per heavy atom. The number of nitrogens with zero attached hydrogens (tertiary/aromatic N) is 1. The molecule has 0 bridgehead atoms. The number of amides is 1. The van der Waals surface area contributed by atoms with Gasteiger partial charge in [-0.25, -0.2) is 0 Å². The molecule has 0 saturated carbocycles. The van der Waals surface area contributed by atoms with Gasteiger partial charge in [0.25, 0.3) is 0 Å². The molecule has 0 saturated heterocycles. The van der Waals surface area contributed by atoms with E-state index in [1.807, 2.05) is 57.2 Å². The van der Waals surface area contributed by atoms with E-state index in [0.717, 1.165) is 28.0 Å². The Kier molecular flexibility index (Phi) is 5.58. The highest BCUT2D eigenvalue weighted by molar-refractivity contribution is 5.98. The lowest BCUT2D eigenvalue weighted by molar-refractivity contribution is -0.118. The number of oxime groups is 1. The van der Waals surface area contributed by atoms with Gasteiger partial charge >= 0.3 is 0 Å². The van der Waals surface area contributed by atoms with Crippen LogP contribution in [0.25, 0.3) is 0 Å². The van der Waals surface area contributed by atoms with Crippen LogP contribution < -0.4 is 10.5 Å². The second-order valence-corrected chi connectivity index (χ2v) is 5.66. The quantitative estimate of drug-likeness (QED) is 0.651. The number of nitrogens with two attached hydrogens (primary N) is 1. The summed E-state index contributed by atoms with van der Waals surface area (Å²) in [4.78, 5) is 16.4. The van der Waals surface area contributed by atoms with Gasteiger partial charge in [-0.2, -0.15) is 0 Å². The van der Waals surface area contributed by atoms with Crippen LogP contribution in [0.5, 0.6) is 11.5 Å². The van der Waals surface area contributed by atoms with Gasteiger partial charge in [0.1, 0.15) is 24.5 Å². The van der Waals surface area contributed by atoms with Crippen LogP contribution in [-0.2, 0) is 9.63 Å². The molecule has 0 heterocycles. The van der Waals surface area contributed by atoms with Crippen LogP contribution in [0.4, 0.5) is 0 Å². The Morgan fingerprint density at radius 3 is 2.58 bits per heavy atom. The minimum absolute atomic E-state index is 0.497. The molecule has 0 radical (unpaired) electrons. The summed E-state index contributed by atoms with van der Waals surface area (Å²) >= 11 is 0. The summed E-state index contributed by atoms with van der Waals surface area (Å²) in [6.45, 7) is 5.90. The largest absolute Gasteiger partial charge is 0.457 e. The number of rotatable bonds is 6. The molecule has 1 amide bonds. The molecule has 24 heavy (non-hydrogen) atoms. The highest BCUT2D eigenvalue weighted by atomic mass is 16.6. The number of hydrogen-bond donors (Lipinski definition) is 1. The first-order valence-electron chi connectivity index (χ1n) is 7.64. The minimum atomic E-state index is -0.674. The van der Waals surface area contributed by atoms with E-state index in [9.17, 15) is 4.79 Å². The molecule has 0 aliphatic rings. The van der Waals surface area contributed by atoms with Gasteiger partial charge in [-0.05, 0) is 55.2 Å². The van der Waals surface area contributed by atoms with Crippen molar-refractivity contribution in [3.8, 4) is 11.5 Å². The van der Waals surface area contributed by atoms with Crippen LogP contribution in [0.2, 0.25) is 0 Å². The van der Waals surface area contributed by atoms with Crippen molar-refractivity contribution in [3.63, 3.8) is 0 Å². The normalized spacial score (nSPS) is 12.2. The van der Waals surface area contributed by atoms with Crippen molar-refractivity contribution < 1.29 is 14.4 Å². The third kappa shape index (κ3) is 3.93. The molecule has 2 aromatic rings. The smallest absolute Gasteiger partial charge is 0.230 e. The molecule has 5 heteroatoms. The van der Waals surface area contributed by atoms with E-state index in [0.29, 0.717) is 5.75 Å². The zero-order chi connectivity index (χ0) is 17.7. The van der Waals surface area contributed by atoms with Crippen LogP contribution in [0.1, 0.15) is 28.2 Å². The van der Waals surface area contributed by atoms with E-state index in [1.54, 1.807) is 0 Å². The fraction of sp³-hybridized carbons (Fsp3) is 0.263. The molecule has 5 nitrogen and oxygen atoms in total. The number of primary amides is 1. The first-order valence-corrected chi connectivity index (χ1v) is 7.64. The standard InChI is InChI=1S/C19H22N2O3/c1-12-8-9-13(2)18(10-12)24-17-7-5-6-15(14(17)3)16(19(20)22)11-21-23-4/h5-11,16H,1-4H3,(H2,20,22)/b21-11+. The van der Waals surface area contributed by atoms with Gasteiger partial charge < -0.3 is 15.3 Å². The molecular weight excluding hydrogens is 304 g/mol. The fourth-order valence-corrected chi connectivity index (χ4v) is 2.44. The number of hydrogen-bond acceptors (Lipinski definition) is 4. The number of ether oxygens (including phenoxy) is 1. The van der Waals surface area contributed by atoms with Crippen LogP contribution >= 0.6 is 0 Å². The summed E-state index contributed by atoms with van der Waals surface area (Å²) in [6, 6.07) is 11.6. The monoisotopic (exact) mass is 326 g/mol. The summed E-state index contributed by atoms with van der Waals surface area (Å²) in [5, 5.41) is 3.68. The van der Waals surface area contributed by atoms with E-state index in [2.05, 4.69) is 9.99 Å². The Morgan fingerprint density at radius 1 is 1.17 bits per heavy atom. The Balaban J connectivity index is 2.41. The van der Waals surface area contributed by atoms with Crippen molar-refractivity contribution in [1.29, 1.82) is 0 Å². The summed E-state index contributed by atoms with van der Waals surface area (Å²) in [5.74, 6) is 0.296. The van der Waals surface area contributed by atoms with E-state index in [-0.39, 0.29) is 0 Å². The Bertz CT molecular complexity index is 769. The highest BCUT2D eigenvalue weighted by Gasteiger charge is 2.20. The predicted molar refractivity (Wildman–Crippen MR) is 94.6 cm³/mol. The molecule has 1 unspecified atom stereocenters. The van der Waals surface area contributed by atoms with Gasteiger partial charge in [-0.1, -0.05) is 29.4 Å². The molecular formula is C19H22N2O3.